The van der Waals surface area contributed by atoms with Crippen molar-refractivity contribution in [1.82, 2.24) is 0 Å². The first-order valence-electron chi connectivity index (χ1n) is 17.6. The molecule has 2 amide bonds. The topological polar surface area (TPSA) is 109 Å². The maximum absolute atomic E-state index is 14.2. The third-order valence-corrected chi connectivity index (χ3v) is 10.3. The Labute approximate surface area is 311 Å². The molecular weight excluding hydrogens is 731 g/mol. The number of amides is 2. The van der Waals surface area contributed by atoms with Crippen molar-refractivity contribution in [2.45, 2.75) is 50.6 Å². The first kappa shape index (κ1) is 38.2. The third kappa shape index (κ3) is 8.00. The van der Waals surface area contributed by atoms with E-state index in [-0.39, 0.29) is 38.4 Å². The number of rotatable bonds is 10. The molecule has 0 radical (unpaired) electrons. The zero-order valence-electron chi connectivity index (χ0n) is 29.0. The number of carbonyl (C=O) groups is 2. The SMILES string of the molecule is O=C1[C@@H]2[C@@H](CC(COc3ccccc3)=C3[C@@H](CC/C(=C/c4ccc(CO)o4)c4ccccc4)OB(O)C[C@@H]32)C(=O)N1c1cc(C(F)(F)F)cc(C(F)(F)F)c1. The van der Waals surface area contributed by atoms with E-state index in [1.807, 2.05) is 36.4 Å². The van der Waals surface area contributed by atoms with Gasteiger partial charge in [-0.2, -0.15) is 26.3 Å². The minimum Gasteiger partial charge on any atom is -0.489 e. The van der Waals surface area contributed by atoms with Gasteiger partial charge in [0.2, 0.25) is 11.8 Å². The molecule has 2 fully saturated rings. The summed E-state index contributed by atoms with van der Waals surface area (Å²) < 4.78 is 101. The zero-order valence-corrected chi connectivity index (χ0v) is 29.0. The van der Waals surface area contributed by atoms with Crippen molar-refractivity contribution >= 4 is 36.3 Å². The number of aliphatic hydroxyl groups excluding tert-OH is 1. The van der Waals surface area contributed by atoms with E-state index >= 15 is 0 Å². The predicted molar refractivity (Wildman–Crippen MR) is 189 cm³/mol. The van der Waals surface area contributed by atoms with Crippen molar-refractivity contribution in [1.29, 1.82) is 0 Å². The van der Waals surface area contributed by atoms with Gasteiger partial charge in [-0.15, -0.1) is 0 Å². The van der Waals surface area contributed by atoms with E-state index in [0.29, 0.717) is 51.9 Å². The van der Waals surface area contributed by atoms with Gasteiger partial charge in [0.1, 0.15) is 30.5 Å². The molecule has 286 valence electrons. The van der Waals surface area contributed by atoms with Crippen molar-refractivity contribution in [3.63, 3.8) is 0 Å². The zero-order chi connectivity index (χ0) is 39.1. The lowest BCUT2D eigenvalue weighted by Crippen LogP contribution is -2.46. The van der Waals surface area contributed by atoms with Crippen LogP contribution in [0.2, 0.25) is 6.32 Å². The molecule has 4 atom stereocenters. The van der Waals surface area contributed by atoms with Gasteiger partial charge in [0.25, 0.3) is 0 Å². The van der Waals surface area contributed by atoms with E-state index < -0.39 is 72.0 Å². The first-order chi connectivity index (χ1) is 26.2. The molecule has 2 aliphatic heterocycles. The van der Waals surface area contributed by atoms with Gasteiger partial charge in [0, 0.05) is 0 Å². The van der Waals surface area contributed by atoms with Crippen LogP contribution in [0.5, 0.6) is 5.75 Å². The normalized spacial score (nSPS) is 21.9. The van der Waals surface area contributed by atoms with Gasteiger partial charge in [-0.1, -0.05) is 48.5 Å². The Kier molecular flexibility index (Phi) is 10.5. The van der Waals surface area contributed by atoms with E-state index in [1.165, 1.54) is 0 Å². The summed E-state index contributed by atoms with van der Waals surface area (Å²) in [5, 5.41) is 20.6. The molecule has 7 rings (SSSR count). The van der Waals surface area contributed by atoms with Gasteiger partial charge < -0.3 is 23.9 Å². The van der Waals surface area contributed by atoms with Crippen LogP contribution < -0.4 is 9.64 Å². The van der Waals surface area contributed by atoms with Crippen LogP contribution >= 0.6 is 0 Å². The highest BCUT2D eigenvalue weighted by atomic mass is 19.4. The van der Waals surface area contributed by atoms with Crippen LogP contribution in [0.15, 0.2) is 107 Å². The van der Waals surface area contributed by atoms with Crippen LogP contribution in [-0.2, 0) is 33.2 Å². The molecular formula is C40H34BF6NO7. The quantitative estimate of drug-likeness (QED) is 0.0725. The van der Waals surface area contributed by atoms with Crippen molar-refractivity contribution in [3.05, 3.63) is 130 Å². The average Bonchev–Trinajstić information content (AvgIpc) is 3.72. The number of hydrogen-bond donors (Lipinski definition) is 2. The maximum Gasteiger partial charge on any atom is 0.455 e. The van der Waals surface area contributed by atoms with Gasteiger partial charge in [-0.3, -0.25) is 9.59 Å². The summed E-state index contributed by atoms with van der Waals surface area (Å²) in [6, 6.07) is 22.2. The molecule has 3 heterocycles. The van der Waals surface area contributed by atoms with E-state index in [4.69, 9.17) is 13.8 Å². The van der Waals surface area contributed by atoms with Crippen molar-refractivity contribution in [3.8, 4) is 5.75 Å². The second-order valence-electron chi connectivity index (χ2n) is 13.7. The number of imide groups is 1. The highest BCUT2D eigenvalue weighted by molar-refractivity contribution is 6.43. The lowest BCUT2D eigenvalue weighted by molar-refractivity contribution is -0.143. The number of halogens is 6. The number of nitrogens with zero attached hydrogens (tertiary/aromatic N) is 1. The fourth-order valence-corrected chi connectivity index (χ4v) is 7.87. The van der Waals surface area contributed by atoms with E-state index in [9.17, 15) is 46.1 Å². The third-order valence-electron chi connectivity index (χ3n) is 10.3. The lowest BCUT2D eigenvalue weighted by Gasteiger charge is -2.43. The maximum atomic E-state index is 14.2. The van der Waals surface area contributed by atoms with E-state index in [1.54, 1.807) is 42.5 Å². The number of aliphatic hydroxyl groups is 1. The molecule has 0 unspecified atom stereocenters. The number of benzene rings is 3. The summed E-state index contributed by atoms with van der Waals surface area (Å²) in [6.45, 7) is -0.347. The average molecular weight is 766 g/mol. The van der Waals surface area contributed by atoms with Gasteiger partial charge in [0.15, 0.2) is 0 Å². The molecule has 55 heavy (non-hydrogen) atoms. The van der Waals surface area contributed by atoms with E-state index in [0.717, 1.165) is 11.1 Å². The summed E-state index contributed by atoms with van der Waals surface area (Å²) in [5.74, 6) is -3.74. The van der Waals surface area contributed by atoms with Gasteiger partial charge in [0.05, 0.1) is 34.8 Å². The highest BCUT2D eigenvalue weighted by Gasteiger charge is 2.58. The largest absolute Gasteiger partial charge is 0.489 e. The van der Waals surface area contributed by atoms with Crippen molar-refractivity contribution in [2.24, 2.45) is 17.8 Å². The summed E-state index contributed by atoms with van der Waals surface area (Å²) >= 11 is 0. The summed E-state index contributed by atoms with van der Waals surface area (Å²) in [7, 11) is -1.41. The van der Waals surface area contributed by atoms with Gasteiger partial charge in [-0.05, 0) is 102 Å². The molecule has 3 aliphatic rings. The molecule has 0 saturated carbocycles. The fourth-order valence-electron chi connectivity index (χ4n) is 7.87. The van der Waals surface area contributed by atoms with Crippen LogP contribution in [-0.4, -0.2) is 41.8 Å². The Morgan fingerprint density at radius 1 is 0.873 bits per heavy atom. The Morgan fingerprint density at radius 3 is 2.15 bits per heavy atom. The van der Waals surface area contributed by atoms with Crippen LogP contribution in [0.3, 0.4) is 0 Å². The monoisotopic (exact) mass is 765 g/mol. The number of ether oxygens (including phenoxy) is 1. The van der Waals surface area contributed by atoms with Gasteiger partial charge >= 0.3 is 19.5 Å². The fraction of sp³-hybridized carbons (Fsp3) is 0.300. The molecule has 15 heteroatoms. The number of para-hydroxylation sites is 1. The Morgan fingerprint density at radius 2 is 1.53 bits per heavy atom. The Hall–Kier alpha value is -5.12. The number of fused-ring (bicyclic) bond motifs is 3. The Balaban J connectivity index is 1.26. The van der Waals surface area contributed by atoms with Crippen LogP contribution in [0, 0.1) is 17.8 Å². The smallest absolute Gasteiger partial charge is 0.455 e. The predicted octanol–water partition coefficient (Wildman–Crippen LogP) is 8.21. The van der Waals surface area contributed by atoms with Crippen LogP contribution in [0.25, 0.3) is 11.6 Å². The molecule has 2 saturated heterocycles. The molecule has 1 aliphatic carbocycles. The minimum atomic E-state index is -5.20. The first-order valence-corrected chi connectivity index (χ1v) is 17.6. The molecule has 0 spiro atoms. The van der Waals surface area contributed by atoms with Crippen LogP contribution in [0.4, 0.5) is 32.0 Å². The van der Waals surface area contributed by atoms with Crippen molar-refractivity contribution < 1.29 is 59.9 Å². The number of hydrogen-bond acceptors (Lipinski definition) is 7. The molecule has 4 aromatic rings. The molecule has 0 bridgehead atoms. The summed E-state index contributed by atoms with van der Waals surface area (Å²) in [6.07, 6.45) is -9.01. The molecule has 1 aromatic heterocycles. The van der Waals surface area contributed by atoms with Gasteiger partial charge in [-0.25, -0.2) is 4.90 Å². The minimum absolute atomic E-state index is 0.0595. The number of furan rings is 1. The molecule has 3 aromatic carbocycles. The highest BCUT2D eigenvalue weighted by Crippen LogP contribution is 2.52. The second-order valence-corrected chi connectivity index (χ2v) is 13.7. The van der Waals surface area contributed by atoms with E-state index in [2.05, 4.69) is 0 Å². The molecule has 2 N–H and O–H groups in total. The summed E-state index contributed by atoms with van der Waals surface area (Å²) in [5.41, 5.74) is -1.30. The number of allylic oxidation sites excluding steroid dienone is 1. The molecule has 8 nitrogen and oxygen atoms in total. The van der Waals surface area contributed by atoms with Crippen LogP contribution in [0.1, 0.15) is 47.5 Å². The number of anilines is 1. The summed E-state index contributed by atoms with van der Waals surface area (Å²) in [4.78, 5) is 28.7. The Bertz CT molecular complexity index is 2080. The van der Waals surface area contributed by atoms with Crippen molar-refractivity contribution in [2.75, 3.05) is 11.5 Å². The number of alkyl halides is 6. The number of carbonyl (C=O) groups excluding carboxylic acids is 2. The lowest BCUT2D eigenvalue weighted by atomic mass is 9.58. The second kappa shape index (κ2) is 15.2. The standard InChI is InChI=1S/C40H34BF6NO7/c42-39(43,44)26-17-27(40(45,46)47)19-28(18-26)48-37(50)32-16-25(22-53-29-9-5-2-6-10-29)35-33(36(32)38(48)51)20-41(52)55-34(35)14-11-24(23-7-3-1-4-8-23)15-30-12-13-31(21-49)54-30/h1-10,12-13,15,17-19,32-34,36,49,52H,11,14,16,20-22H2/b24-15-/t32-,33+,34-,36-/m1/s1.